The van der Waals surface area contributed by atoms with E-state index < -0.39 is 4.92 Å². The molecule has 2 atom stereocenters. The van der Waals surface area contributed by atoms with Crippen molar-refractivity contribution in [2.24, 2.45) is 11.7 Å². The molecule has 2 unspecified atom stereocenters. The first kappa shape index (κ1) is 14.0. The van der Waals surface area contributed by atoms with Crippen LogP contribution in [-0.2, 0) is 0 Å². The number of halogens is 1. The number of hydrogen-bond donors (Lipinski definition) is 1. The van der Waals surface area contributed by atoms with Crippen LogP contribution in [-0.4, -0.2) is 22.6 Å². The number of rotatable bonds is 4. The highest BCUT2D eigenvalue weighted by molar-refractivity contribution is 6.30. The van der Waals surface area contributed by atoms with Crippen molar-refractivity contribution < 1.29 is 9.66 Å². The summed E-state index contributed by atoms with van der Waals surface area (Å²) >= 11 is 5.72. The molecule has 7 heteroatoms. The average molecular weight is 286 g/mol. The predicted molar refractivity (Wildman–Crippen MR) is 71.3 cm³/mol. The van der Waals surface area contributed by atoms with Gasteiger partial charge in [-0.2, -0.15) is 0 Å². The third-order valence-corrected chi connectivity index (χ3v) is 3.61. The van der Waals surface area contributed by atoms with Gasteiger partial charge in [0.25, 0.3) is 5.88 Å². The molecule has 1 aliphatic rings. The fraction of sp³-hybridized carbons (Fsp3) is 0.583. The van der Waals surface area contributed by atoms with Crippen LogP contribution < -0.4 is 10.5 Å². The number of ether oxygens (including phenoxy) is 1. The van der Waals surface area contributed by atoms with E-state index in [1.807, 2.05) is 0 Å². The Kier molecular flexibility index (Phi) is 4.55. The summed E-state index contributed by atoms with van der Waals surface area (Å²) in [5, 5.41) is 11.2. The quantitative estimate of drug-likeness (QED) is 0.678. The number of nitro groups is 1. The van der Waals surface area contributed by atoms with Gasteiger partial charge in [0.15, 0.2) is 0 Å². The maximum Gasteiger partial charge on any atom is 0.332 e. The summed E-state index contributed by atoms with van der Waals surface area (Å²) in [6.45, 7) is 0.520. The van der Waals surface area contributed by atoms with E-state index >= 15 is 0 Å². The minimum atomic E-state index is -0.533. The Bertz CT molecular complexity index is 470. The van der Waals surface area contributed by atoms with E-state index in [4.69, 9.17) is 22.1 Å². The first-order valence-electron chi connectivity index (χ1n) is 6.28. The Morgan fingerprint density at radius 1 is 1.53 bits per heavy atom. The molecule has 1 fully saturated rings. The second-order valence-corrected chi connectivity index (χ2v) is 5.11. The molecule has 6 nitrogen and oxygen atoms in total. The summed E-state index contributed by atoms with van der Waals surface area (Å²) in [6, 6.07) is 1.25. The maximum absolute atomic E-state index is 11.0. The summed E-state index contributed by atoms with van der Waals surface area (Å²) in [5.41, 5.74) is 5.51. The summed E-state index contributed by atoms with van der Waals surface area (Å²) in [6.07, 6.45) is 5.25. The van der Waals surface area contributed by atoms with Gasteiger partial charge in [-0.25, -0.2) is 4.98 Å². The predicted octanol–water partition coefficient (Wildman–Crippen LogP) is 2.54. The van der Waals surface area contributed by atoms with Crippen LogP contribution in [0, 0.1) is 16.0 Å². The smallest absolute Gasteiger partial charge is 0.332 e. The maximum atomic E-state index is 11.0. The third-order valence-electron chi connectivity index (χ3n) is 3.40. The number of pyridine rings is 1. The van der Waals surface area contributed by atoms with Crippen LogP contribution in [0.25, 0.3) is 0 Å². The van der Waals surface area contributed by atoms with Crippen molar-refractivity contribution in [3.63, 3.8) is 0 Å². The van der Waals surface area contributed by atoms with Gasteiger partial charge in [0.1, 0.15) is 6.10 Å². The van der Waals surface area contributed by atoms with Gasteiger partial charge in [0.05, 0.1) is 16.1 Å². The van der Waals surface area contributed by atoms with Gasteiger partial charge in [-0.05, 0) is 25.8 Å². The second kappa shape index (κ2) is 6.16. The highest BCUT2D eigenvalue weighted by atomic mass is 35.5. The van der Waals surface area contributed by atoms with Gasteiger partial charge in [-0.15, -0.1) is 0 Å². The van der Waals surface area contributed by atoms with E-state index in [0.29, 0.717) is 6.54 Å². The van der Waals surface area contributed by atoms with Gasteiger partial charge < -0.3 is 10.5 Å². The zero-order valence-electron chi connectivity index (χ0n) is 10.4. The first-order valence-corrected chi connectivity index (χ1v) is 6.66. The largest absolute Gasteiger partial charge is 0.469 e. The molecule has 0 radical (unpaired) electrons. The molecule has 0 saturated heterocycles. The summed E-state index contributed by atoms with van der Waals surface area (Å²) in [4.78, 5) is 14.4. The van der Waals surface area contributed by atoms with Crippen LogP contribution in [0.2, 0.25) is 5.02 Å². The Labute approximate surface area is 116 Å². The SMILES string of the molecule is NCC1CCCCC1Oc1ncc(Cl)cc1[N+](=O)[O-]. The Hall–Kier alpha value is -1.40. The highest BCUT2D eigenvalue weighted by Crippen LogP contribution is 2.32. The molecule has 0 amide bonds. The van der Waals surface area contributed by atoms with Crippen molar-refractivity contribution >= 4 is 17.3 Å². The lowest BCUT2D eigenvalue weighted by molar-refractivity contribution is -0.386. The monoisotopic (exact) mass is 285 g/mol. The van der Waals surface area contributed by atoms with Crippen molar-refractivity contribution in [2.45, 2.75) is 31.8 Å². The van der Waals surface area contributed by atoms with Crippen LogP contribution in [0.5, 0.6) is 5.88 Å². The molecule has 1 aromatic heterocycles. The van der Waals surface area contributed by atoms with E-state index in [9.17, 15) is 10.1 Å². The average Bonchev–Trinajstić information content (AvgIpc) is 2.41. The van der Waals surface area contributed by atoms with E-state index in [0.717, 1.165) is 25.7 Å². The van der Waals surface area contributed by atoms with Crippen molar-refractivity contribution in [3.05, 3.63) is 27.4 Å². The van der Waals surface area contributed by atoms with E-state index in [-0.39, 0.29) is 28.6 Å². The summed E-state index contributed by atoms with van der Waals surface area (Å²) in [7, 11) is 0. The van der Waals surface area contributed by atoms with Crippen LogP contribution in [0.1, 0.15) is 25.7 Å². The zero-order chi connectivity index (χ0) is 13.8. The fourth-order valence-corrected chi connectivity index (χ4v) is 2.53. The normalized spacial score (nSPS) is 23.1. The standard InChI is InChI=1S/C12H16ClN3O3/c13-9-5-10(16(17)18)12(15-7-9)19-11-4-2-1-3-8(11)6-14/h5,7-8,11H,1-4,6,14H2. The molecule has 0 aliphatic heterocycles. The molecule has 1 saturated carbocycles. The van der Waals surface area contributed by atoms with Crippen LogP contribution in [0.4, 0.5) is 5.69 Å². The molecule has 2 rings (SSSR count). The van der Waals surface area contributed by atoms with E-state index in [2.05, 4.69) is 4.98 Å². The van der Waals surface area contributed by atoms with Crippen LogP contribution >= 0.6 is 11.6 Å². The number of nitrogens with two attached hydrogens (primary N) is 1. The van der Waals surface area contributed by atoms with Crippen LogP contribution in [0.3, 0.4) is 0 Å². The van der Waals surface area contributed by atoms with Gasteiger partial charge >= 0.3 is 5.69 Å². The van der Waals surface area contributed by atoms with E-state index in [1.165, 1.54) is 12.3 Å². The molecule has 2 N–H and O–H groups in total. The lowest BCUT2D eigenvalue weighted by Crippen LogP contribution is -2.35. The molecule has 1 heterocycles. The lowest BCUT2D eigenvalue weighted by atomic mass is 9.86. The molecular weight excluding hydrogens is 270 g/mol. The Balaban J connectivity index is 2.20. The Morgan fingerprint density at radius 3 is 2.95 bits per heavy atom. The molecule has 1 aliphatic carbocycles. The Morgan fingerprint density at radius 2 is 2.26 bits per heavy atom. The van der Waals surface area contributed by atoms with Gasteiger partial charge in [-0.1, -0.05) is 18.0 Å². The minimum absolute atomic E-state index is 0.0275. The number of hydrogen-bond acceptors (Lipinski definition) is 5. The van der Waals surface area contributed by atoms with Crippen molar-refractivity contribution in [2.75, 3.05) is 6.54 Å². The van der Waals surface area contributed by atoms with Crippen LogP contribution in [0.15, 0.2) is 12.3 Å². The number of nitrogens with zero attached hydrogens (tertiary/aromatic N) is 2. The molecule has 104 valence electrons. The second-order valence-electron chi connectivity index (χ2n) is 4.67. The van der Waals surface area contributed by atoms with E-state index in [1.54, 1.807) is 0 Å². The molecular formula is C12H16ClN3O3. The molecule has 19 heavy (non-hydrogen) atoms. The molecule has 0 spiro atoms. The molecule has 1 aromatic rings. The summed E-state index contributed by atoms with van der Waals surface area (Å²) < 4.78 is 5.71. The fourth-order valence-electron chi connectivity index (χ4n) is 2.38. The molecule has 0 aromatic carbocycles. The van der Waals surface area contributed by atoms with Crippen molar-refractivity contribution in [1.29, 1.82) is 0 Å². The van der Waals surface area contributed by atoms with Gasteiger partial charge in [-0.3, -0.25) is 10.1 Å². The first-order chi connectivity index (χ1) is 9.11. The van der Waals surface area contributed by atoms with Crippen molar-refractivity contribution in [1.82, 2.24) is 4.98 Å². The summed E-state index contributed by atoms with van der Waals surface area (Å²) in [5.74, 6) is 0.255. The molecule has 0 bridgehead atoms. The van der Waals surface area contributed by atoms with Gasteiger partial charge in [0.2, 0.25) is 0 Å². The highest BCUT2D eigenvalue weighted by Gasteiger charge is 2.29. The third kappa shape index (κ3) is 3.33. The van der Waals surface area contributed by atoms with Gasteiger partial charge in [0, 0.05) is 12.0 Å². The topological polar surface area (TPSA) is 91.3 Å². The zero-order valence-corrected chi connectivity index (χ0v) is 11.2. The number of aromatic nitrogens is 1. The van der Waals surface area contributed by atoms with Crippen molar-refractivity contribution in [3.8, 4) is 5.88 Å². The lowest BCUT2D eigenvalue weighted by Gasteiger charge is -2.30. The minimum Gasteiger partial charge on any atom is -0.469 e.